The lowest BCUT2D eigenvalue weighted by Crippen LogP contribution is -2.15. The maximum atomic E-state index is 11.1. The molecule has 0 unspecified atom stereocenters. The molecule has 0 N–H and O–H groups in total. The smallest absolute Gasteiger partial charge is 0.343 e. The van der Waals surface area contributed by atoms with E-state index >= 15 is 0 Å². The van der Waals surface area contributed by atoms with Crippen LogP contribution in [0.15, 0.2) is 37.0 Å². The Morgan fingerprint density at radius 3 is 2.60 bits per heavy atom. The summed E-state index contributed by atoms with van der Waals surface area (Å²) in [5, 5.41) is 0. The minimum Gasteiger partial charge on any atom is -0.386 e. The molecule has 0 aromatic rings. The molecular weight excluding hydrogens is 196 g/mol. The summed E-state index contributed by atoms with van der Waals surface area (Å²) in [4.78, 5) is 22.0. The van der Waals surface area contributed by atoms with E-state index in [1.807, 2.05) is 0 Å². The van der Waals surface area contributed by atoms with Crippen LogP contribution in [-0.4, -0.2) is 25.2 Å². The summed E-state index contributed by atoms with van der Waals surface area (Å²) in [5.41, 5.74) is 0.0923. The first-order valence-electron chi connectivity index (χ1n) is 4.37. The van der Waals surface area contributed by atoms with Crippen molar-refractivity contribution >= 4 is 11.9 Å². The molecule has 0 aliphatic rings. The van der Waals surface area contributed by atoms with Crippen molar-refractivity contribution in [1.82, 2.24) is 0 Å². The lowest BCUT2D eigenvalue weighted by Gasteiger charge is -2.03. The van der Waals surface area contributed by atoms with Gasteiger partial charge in [-0.05, 0) is 6.92 Å². The number of rotatable bonds is 6. The van der Waals surface area contributed by atoms with Gasteiger partial charge >= 0.3 is 11.9 Å². The maximum absolute atomic E-state index is 11.1. The van der Waals surface area contributed by atoms with Crippen molar-refractivity contribution in [2.45, 2.75) is 6.92 Å². The number of ether oxygens (including phenoxy) is 2. The van der Waals surface area contributed by atoms with Gasteiger partial charge in [-0.25, -0.2) is 9.59 Å². The molecule has 15 heavy (non-hydrogen) atoms. The van der Waals surface area contributed by atoms with Gasteiger partial charge in [-0.2, -0.15) is 0 Å². The van der Waals surface area contributed by atoms with Crippen LogP contribution in [0.25, 0.3) is 0 Å². The number of hydrogen-bond acceptors (Lipinski definition) is 4. The fourth-order valence-corrected chi connectivity index (χ4v) is 0.658. The minimum absolute atomic E-state index is 0.0218. The average Bonchev–Trinajstić information content (AvgIpc) is 2.18. The Labute approximate surface area is 88.9 Å². The molecule has 0 heterocycles. The molecule has 0 spiro atoms. The Kier molecular flexibility index (Phi) is 6.84. The van der Waals surface area contributed by atoms with Crippen LogP contribution in [0, 0.1) is 0 Å². The zero-order chi connectivity index (χ0) is 11.7. The highest BCUT2D eigenvalue weighted by atomic mass is 16.6. The van der Waals surface area contributed by atoms with Crippen molar-refractivity contribution in [3.05, 3.63) is 37.0 Å². The molecule has 4 nitrogen and oxygen atoms in total. The van der Waals surface area contributed by atoms with Crippen molar-refractivity contribution in [1.29, 1.82) is 0 Å². The lowest BCUT2D eigenvalue weighted by atomic mass is 10.3. The number of carbonyl (C=O) groups excluding carboxylic acids is 2. The highest BCUT2D eigenvalue weighted by Gasteiger charge is 2.11. The predicted octanol–water partition coefficient (Wildman–Crippen LogP) is 1.39. The van der Waals surface area contributed by atoms with Crippen molar-refractivity contribution in [3.8, 4) is 0 Å². The average molecular weight is 210 g/mol. The summed E-state index contributed by atoms with van der Waals surface area (Å²) >= 11 is 0. The van der Waals surface area contributed by atoms with Gasteiger partial charge in [-0.3, -0.25) is 0 Å². The van der Waals surface area contributed by atoms with Gasteiger partial charge in [0, 0.05) is 6.08 Å². The van der Waals surface area contributed by atoms with E-state index in [-0.39, 0.29) is 12.2 Å². The first kappa shape index (κ1) is 13.3. The molecular formula is C11H14O4. The standard InChI is InChI=1S/C11H14O4/c1-4-6-10(12)15-11(13)9(3)8-14-7-5-2/h4-6H,2-3,7-8H2,1H3/b6-4+. The van der Waals surface area contributed by atoms with Gasteiger partial charge < -0.3 is 9.47 Å². The van der Waals surface area contributed by atoms with Crippen LogP contribution in [0.1, 0.15) is 6.92 Å². The molecule has 0 aromatic carbocycles. The monoisotopic (exact) mass is 210 g/mol. The van der Waals surface area contributed by atoms with Crippen LogP contribution >= 0.6 is 0 Å². The zero-order valence-electron chi connectivity index (χ0n) is 8.69. The lowest BCUT2D eigenvalue weighted by molar-refractivity contribution is -0.153. The maximum Gasteiger partial charge on any atom is 0.343 e. The molecule has 0 aromatic heterocycles. The van der Waals surface area contributed by atoms with Crippen LogP contribution in [0.2, 0.25) is 0 Å². The van der Waals surface area contributed by atoms with Crippen molar-refractivity contribution < 1.29 is 19.1 Å². The third-order valence-corrected chi connectivity index (χ3v) is 1.30. The van der Waals surface area contributed by atoms with Crippen molar-refractivity contribution in [3.63, 3.8) is 0 Å². The first-order valence-corrected chi connectivity index (χ1v) is 4.37. The minimum atomic E-state index is -0.776. The van der Waals surface area contributed by atoms with Crippen molar-refractivity contribution in [2.75, 3.05) is 13.2 Å². The van der Waals surface area contributed by atoms with E-state index in [4.69, 9.17) is 4.74 Å². The normalized spacial score (nSPS) is 9.93. The van der Waals surface area contributed by atoms with E-state index in [1.54, 1.807) is 13.0 Å². The molecule has 0 fully saturated rings. The SMILES string of the molecule is C=CCOCC(=C)C(=O)OC(=O)/C=C/C. The van der Waals surface area contributed by atoms with Crippen LogP contribution in [-0.2, 0) is 19.1 Å². The van der Waals surface area contributed by atoms with Gasteiger partial charge in [-0.1, -0.05) is 18.7 Å². The topological polar surface area (TPSA) is 52.6 Å². The second-order valence-electron chi connectivity index (χ2n) is 2.62. The van der Waals surface area contributed by atoms with Gasteiger partial charge in [-0.15, -0.1) is 6.58 Å². The second kappa shape index (κ2) is 7.70. The van der Waals surface area contributed by atoms with Crippen LogP contribution in [0.3, 0.4) is 0 Å². The van der Waals surface area contributed by atoms with Gasteiger partial charge in [0.1, 0.15) is 0 Å². The second-order valence-corrected chi connectivity index (χ2v) is 2.62. The van der Waals surface area contributed by atoms with Gasteiger partial charge in [0.2, 0.25) is 0 Å². The zero-order valence-corrected chi connectivity index (χ0v) is 8.69. The molecule has 0 rings (SSSR count). The third kappa shape index (κ3) is 6.40. The molecule has 0 saturated carbocycles. The van der Waals surface area contributed by atoms with Gasteiger partial charge in [0.15, 0.2) is 0 Å². The van der Waals surface area contributed by atoms with E-state index in [1.165, 1.54) is 6.08 Å². The first-order chi connectivity index (χ1) is 7.11. The predicted molar refractivity (Wildman–Crippen MR) is 56.1 cm³/mol. The fraction of sp³-hybridized carbons (Fsp3) is 0.273. The van der Waals surface area contributed by atoms with Gasteiger partial charge in [0.05, 0.1) is 18.8 Å². The molecule has 0 bridgehead atoms. The summed E-state index contributed by atoms with van der Waals surface area (Å²) in [6.07, 6.45) is 4.17. The summed E-state index contributed by atoms with van der Waals surface area (Å²) < 4.78 is 9.37. The molecule has 0 radical (unpaired) electrons. The summed E-state index contributed by atoms with van der Waals surface area (Å²) in [5.74, 6) is -1.49. The van der Waals surface area contributed by atoms with Crippen LogP contribution in [0.5, 0.6) is 0 Å². The molecule has 4 heteroatoms. The molecule has 0 atom stereocenters. The van der Waals surface area contributed by atoms with Crippen LogP contribution < -0.4 is 0 Å². The molecule has 0 amide bonds. The fourth-order valence-electron chi connectivity index (χ4n) is 0.658. The quantitative estimate of drug-likeness (QED) is 0.218. The Balaban J connectivity index is 3.94. The Morgan fingerprint density at radius 1 is 1.40 bits per heavy atom. The number of hydrogen-bond donors (Lipinski definition) is 0. The van der Waals surface area contributed by atoms with Crippen LogP contribution in [0.4, 0.5) is 0 Å². The van der Waals surface area contributed by atoms with E-state index in [0.717, 1.165) is 6.08 Å². The number of carbonyl (C=O) groups is 2. The summed E-state index contributed by atoms with van der Waals surface area (Å²) in [7, 11) is 0. The summed E-state index contributed by atoms with van der Waals surface area (Å²) in [6, 6.07) is 0. The third-order valence-electron chi connectivity index (χ3n) is 1.30. The number of esters is 2. The summed E-state index contributed by atoms with van der Waals surface area (Å²) in [6.45, 7) is 8.85. The molecule has 82 valence electrons. The Hall–Kier alpha value is -1.68. The van der Waals surface area contributed by atoms with E-state index in [0.29, 0.717) is 6.61 Å². The molecule has 0 saturated heterocycles. The van der Waals surface area contributed by atoms with E-state index < -0.39 is 11.9 Å². The Bertz CT molecular complexity index is 289. The van der Waals surface area contributed by atoms with Crippen molar-refractivity contribution in [2.24, 2.45) is 0 Å². The Morgan fingerprint density at radius 2 is 2.07 bits per heavy atom. The molecule has 0 aliphatic heterocycles. The van der Waals surface area contributed by atoms with Gasteiger partial charge in [0.25, 0.3) is 0 Å². The van der Waals surface area contributed by atoms with E-state index in [9.17, 15) is 9.59 Å². The number of allylic oxidation sites excluding steroid dienone is 1. The highest BCUT2D eigenvalue weighted by Crippen LogP contribution is 1.97. The molecule has 0 aliphatic carbocycles. The largest absolute Gasteiger partial charge is 0.386 e. The highest BCUT2D eigenvalue weighted by molar-refractivity contribution is 5.99. The van der Waals surface area contributed by atoms with E-state index in [2.05, 4.69) is 17.9 Å².